The summed E-state index contributed by atoms with van der Waals surface area (Å²) in [5.41, 5.74) is 1.49. The number of carbonyl (C=O) groups is 1. The second-order valence-electron chi connectivity index (χ2n) is 7.74. The number of rotatable bonds is 6. The van der Waals surface area contributed by atoms with Crippen LogP contribution in [0.25, 0.3) is 0 Å². The Morgan fingerprint density at radius 2 is 1.83 bits per heavy atom. The number of nitrogens with zero attached hydrogens (tertiary/aromatic N) is 1. The lowest BCUT2D eigenvalue weighted by Gasteiger charge is -2.22. The van der Waals surface area contributed by atoms with E-state index in [1.54, 1.807) is 7.05 Å². The number of amides is 1. The Morgan fingerprint density at radius 1 is 1.17 bits per heavy atom. The van der Waals surface area contributed by atoms with Crippen LogP contribution in [0.5, 0.6) is 0 Å². The van der Waals surface area contributed by atoms with Crippen LogP contribution >= 0.6 is 0 Å². The molecule has 0 unspecified atom stereocenters. The minimum atomic E-state index is -0.219. The number of benzene rings is 1. The second kappa shape index (κ2) is 7.69. The van der Waals surface area contributed by atoms with Gasteiger partial charge in [-0.15, -0.1) is 0 Å². The van der Waals surface area contributed by atoms with Gasteiger partial charge in [-0.3, -0.25) is 9.79 Å². The molecule has 1 saturated carbocycles. The van der Waals surface area contributed by atoms with E-state index in [-0.39, 0.29) is 18.0 Å². The van der Waals surface area contributed by atoms with Crippen LogP contribution in [0.3, 0.4) is 0 Å². The molecule has 0 saturated heterocycles. The van der Waals surface area contributed by atoms with Crippen molar-refractivity contribution in [1.29, 1.82) is 0 Å². The van der Waals surface area contributed by atoms with Crippen LogP contribution in [-0.4, -0.2) is 37.5 Å². The minimum Gasteiger partial charge on any atom is -0.356 e. The molecule has 0 aromatic heterocycles. The molecule has 1 fully saturated rings. The number of nitrogens with one attached hydrogen (secondary N) is 3. The Kier molecular flexibility index (Phi) is 5.86. The molecule has 0 spiro atoms. The molecule has 2 rings (SSSR count). The Morgan fingerprint density at radius 3 is 2.38 bits per heavy atom. The molecule has 0 radical (unpaired) electrons. The Balaban J connectivity index is 1.76. The summed E-state index contributed by atoms with van der Waals surface area (Å²) < 4.78 is 0. The number of hydrogen-bond donors (Lipinski definition) is 3. The fraction of sp³-hybridized carbons (Fsp3) is 0.579. The molecule has 5 nitrogen and oxygen atoms in total. The lowest BCUT2D eigenvalue weighted by molar-refractivity contribution is -0.121. The van der Waals surface area contributed by atoms with Gasteiger partial charge >= 0.3 is 0 Å². The predicted molar refractivity (Wildman–Crippen MR) is 99.1 cm³/mol. The molecule has 24 heavy (non-hydrogen) atoms. The third-order valence-corrected chi connectivity index (χ3v) is 4.16. The second-order valence-corrected chi connectivity index (χ2v) is 7.74. The van der Waals surface area contributed by atoms with E-state index in [0.717, 1.165) is 13.0 Å². The standard InChI is InChI=1S/C19H30N4O/c1-18(2,3)23-16(24)13-21-17(20-4)22-14-19(10-11-19)12-15-8-6-5-7-9-15/h5-9H,10-14H2,1-4H3,(H,23,24)(H2,20,21,22). The third kappa shape index (κ3) is 6.22. The topological polar surface area (TPSA) is 65.5 Å². The van der Waals surface area contributed by atoms with Gasteiger partial charge in [-0.1, -0.05) is 30.3 Å². The lowest BCUT2D eigenvalue weighted by Crippen LogP contribution is -2.48. The average Bonchev–Trinajstić information content (AvgIpc) is 3.26. The van der Waals surface area contributed by atoms with E-state index in [4.69, 9.17) is 0 Å². The molecule has 5 heteroatoms. The normalized spacial score (nSPS) is 16.4. The fourth-order valence-corrected chi connectivity index (χ4v) is 2.74. The van der Waals surface area contributed by atoms with Gasteiger partial charge in [0.2, 0.25) is 5.91 Å². The zero-order valence-corrected chi connectivity index (χ0v) is 15.3. The molecule has 1 aromatic rings. The minimum absolute atomic E-state index is 0.0316. The van der Waals surface area contributed by atoms with Crippen molar-refractivity contribution in [3.8, 4) is 0 Å². The van der Waals surface area contributed by atoms with Crippen LogP contribution in [-0.2, 0) is 11.2 Å². The van der Waals surface area contributed by atoms with Gasteiger partial charge < -0.3 is 16.0 Å². The van der Waals surface area contributed by atoms with E-state index in [9.17, 15) is 4.79 Å². The Labute approximate surface area is 145 Å². The molecule has 1 aliphatic carbocycles. The first-order valence-electron chi connectivity index (χ1n) is 8.61. The average molecular weight is 330 g/mol. The maximum absolute atomic E-state index is 11.9. The van der Waals surface area contributed by atoms with Crippen LogP contribution in [0.2, 0.25) is 0 Å². The van der Waals surface area contributed by atoms with Crippen molar-refractivity contribution in [3.05, 3.63) is 35.9 Å². The van der Waals surface area contributed by atoms with Crippen molar-refractivity contribution in [3.63, 3.8) is 0 Å². The molecular weight excluding hydrogens is 300 g/mol. The van der Waals surface area contributed by atoms with Crippen LogP contribution in [0.1, 0.15) is 39.2 Å². The van der Waals surface area contributed by atoms with E-state index in [0.29, 0.717) is 11.4 Å². The molecule has 132 valence electrons. The molecular formula is C19H30N4O. The van der Waals surface area contributed by atoms with Crippen molar-refractivity contribution in [2.24, 2.45) is 10.4 Å². The zero-order valence-electron chi connectivity index (χ0n) is 15.3. The van der Waals surface area contributed by atoms with Crippen molar-refractivity contribution < 1.29 is 4.79 Å². The number of aliphatic imine (C=N–C) groups is 1. The highest BCUT2D eigenvalue weighted by Crippen LogP contribution is 2.47. The van der Waals surface area contributed by atoms with Gasteiger partial charge in [0.1, 0.15) is 0 Å². The van der Waals surface area contributed by atoms with Crippen molar-refractivity contribution in [2.75, 3.05) is 20.1 Å². The SMILES string of the molecule is CN=C(NCC(=O)NC(C)(C)C)NCC1(Cc2ccccc2)CC1. The molecule has 1 aromatic carbocycles. The van der Waals surface area contributed by atoms with Crippen LogP contribution < -0.4 is 16.0 Å². The van der Waals surface area contributed by atoms with Crippen LogP contribution in [0.15, 0.2) is 35.3 Å². The largest absolute Gasteiger partial charge is 0.356 e. The maximum Gasteiger partial charge on any atom is 0.239 e. The predicted octanol–water partition coefficient (Wildman–Crippen LogP) is 2.09. The third-order valence-electron chi connectivity index (χ3n) is 4.16. The summed E-state index contributed by atoms with van der Waals surface area (Å²) in [6, 6.07) is 10.6. The van der Waals surface area contributed by atoms with Gasteiger partial charge in [0.15, 0.2) is 5.96 Å². The molecule has 1 amide bonds. The lowest BCUT2D eigenvalue weighted by atomic mass is 9.96. The highest BCUT2D eigenvalue weighted by Gasteiger charge is 2.42. The van der Waals surface area contributed by atoms with Gasteiger partial charge in [0.05, 0.1) is 6.54 Å². The van der Waals surface area contributed by atoms with Gasteiger partial charge in [0, 0.05) is 19.1 Å². The van der Waals surface area contributed by atoms with Gasteiger partial charge in [-0.2, -0.15) is 0 Å². The quantitative estimate of drug-likeness (QED) is 0.553. The fourth-order valence-electron chi connectivity index (χ4n) is 2.74. The highest BCUT2D eigenvalue weighted by molar-refractivity contribution is 5.86. The van der Waals surface area contributed by atoms with Gasteiger partial charge in [0.25, 0.3) is 0 Å². The summed E-state index contributed by atoms with van der Waals surface area (Å²) in [5, 5.41) is 9.38. The number of carbonyl (C=O) groups excluding carboxylic acids is 1. The molecule has 0 heterocycles. The zero-order chi connectivity index (χ0) is 17.6. The first kappa shape index (κ1) is 18.3. The van der Waals surface area contributed by atoms with Gasteiger partial charge in [-0.05, 0) is 51.0 Å². The summed E-state index contributed by atoms with van der Waals surface area (Å²) in [7, 11) is 1.73. The monoisotopic (exact) mass is 330 g/mol. The maximum atomic E-state index is 11.9. The summed E-state index contributed by atoms with van der Waals surface area (Å²) in [6.45, 7) is 7.01. The van der Waals surface area contributed by atoms with Crippen molar-refractivity contribution in [2.45, 2.75) is 45.6 Å². The molecule has 0 aliphatic heterocycles. The molecule has 3 N–H and O–H groups in total. The van der Waals surface area contributed by atoms with Gasteiger partial charge in [-0.25, -0.2) is 0 Å². The molecule has 1 aliphatic rings. The van der Waals surface area contributed by atoms with E-state index in [1.165, 1.54) is 18.4 Å². The van der Waals surface area contributed by atoms with Crippen LogP contribution in [0.4, 0.5) is 0 Å². The molecule has 0 bridgehead atoms. The molecule has 0 atom stereocenters. The van der Waals surface area contributed by atoms with Crippen molar-refractivity contribution >= 4 is 11.9 Å². The first-order valence-corrected chi connectivity index (χ1v) is 8.61. The van der Waals surface area contributed by atoms with E-state index < -0.39 is 0 Å². The number of guanidine groups is 1. The highest BCUT2D eigenvalue weighted by atomic mass is 16.2. The van der Waals surface area contributed by atoms with Crippen LogP contribution in [0, 0.1) is 5.41 Å². The summed E-state index contributed by atoms with van der Waals surface area (Å²) in [4.78, 5) is 16.1. The summed E-state index contributed by atoms with van der Waals surface area (Å²) in [5.74, 6) is 0.647. The van der Waals surface area contributed by atoms with E-state index in [1.807, 2.05) is 20.8 Å². The summed E-state index contributed by atoms with van der Waals surface area (Å²) >= 11 is 0. The van der Waals surface area contributed by atoms with Crippen molar-refractivity contribution in [1.82, 2.24) is 16.0 Å². The first-order chi connectivity index (χ1) is 11.3. The number of hydrogen-bond acceptors (Lipinski definition) is 2. The Bertz CT molecular complexity index is 571. The van der Waals surface area contributed by atoms with E-state index >= 15 is 0 Å². The smallest absolute Gasteiger partial charge is 0.239 e. The Hall–Kier alpha value is -2.04. The van der Waals surface area contributed by atoms with E-state index in [2.05, 4.69) is 51.3 Å². The summed E-state index contributed by atoms with van der Waals surface area (Å²) in [6.07, 6.45) is 3.55.